The van der Waals surface area contributed by atoms with E-state index in [1.807, 2.05) is 18.2 Å². The first-order valence-corrected chi connectivity index (χ1v) is 7.90. The maximum Gasteiger partial charge on any atom is 0.305 e. The summed E-state index contributed by atoms with van der Waals surface area (Å²) in [6, 6.07) is 13.2. The van der Waals surface area contributed by atoms with Gasteiger partial charge < -0.3 is 9.40 Å². The van der Waals surface area contributed by atoms with Crippen molar-refractivity contribution < 1.29 is 18.4 Å². The van der Waals surface area contributed by atoms with Crippen molar-refractivity contribution in [3.05, 3.63) is 71.4 Å². The Hall–Kier alpha value is -3.61. The first-order valence-electron chi connectivity index (χ1n) is 7.90. The summed E-state index contributed by atoms with van der Waals surface area (Å²) in [6.45, 7) is 1.77. The molecule has 0 bridgehead atoms. The minimum Gasteiger partial charge on any atom is -0.451 e. The number of nitrogens with one attached hydrogen (secondary N) is 3. The van der Waals surface area contributed by atoms with Gasteiger partial charge in [-0.15, -0.1) is 0 Å². The molecule has 0 saturated heterocycles. The van der Waals surface area contributed by atoms with Crippen LogP contribution in [0.5, 0.6) is 0 Å². The summed E-state index contributed by atoms with van der Waals surface area (Å²) >= 11 is 0. The van der Waals surface area contributed by atoms with Crippen LogP contribution in [0.25, 0.3) is 21.9 Å². The number of aryl methyl sites for hydroxylation is 1. The second kappa shape index (κ2) is 6.03. The second-order valence-electron chi connectivity index (χ2n) is 5.84. The number of amides is 2. The molecule has 0 aliphatic carbocycles. The van der Waals surface area contributed by atoms with E-state index in [2.05, 4.69) is 15.8 Å². The van der Waals surface area contributed by atoms with Crippen molar-refractivity contribution in [2.24, 2.45) is 0 Å². The molecule has 0 saturated carbocycles. The number of carbonyl (C=O) groups is 2. The van der Waals surface area contributed by atoms with Gasteiger partial charge in [-0.1, -0.05) is 24.3 Å². The van der Waals surface area contributed by atoms with Crippen molar-refractivity contribution in [1.82, 2.24) is 15.8 Å². The number of furan rings is 1. The summed E-state index contributed by atoms with van der Waals surface area (Å²) in [5, 5.41) is 1.13. The predicted octanol–water partition coefficient (Wildman–Crippen LogP) is 3.44. The van der Waals surface area contributed by atoms with Crippen molar-refractivity contribution in [2.45, 2.75) is 6.92 Å². The van der Waals surface area contributed by atoms with E-state index in [-0.39, 0.29) is 11.5 Å². The molecule has 0 aliphatic rings. The van der Waals surface area contributed by atoms with Gasteiger partial charge in [0.1, 0.15) is 17.1 Å². The molecule has 2 heterocycles. The highest BCUT2D eigenvalue weighted by Gasteiger charge is 2.18. The number of aromatic amines is 1. The van der Waals surface area contributed by atoms with Gasteiger partial charge in [-0.3, -0.25) is 20.4 Å². The number of carbonyl (C=O) groups excluding carboxylic acids is 2. The van der Waals surface area contributed by atoms with E-state index in [0.717, 1.165) is 5.39 Å². The molecular weight excluding hydrogens is 337 g/mol. The van der Waals surface area contributed by atoms with Crippen LogP contribution in [0.15, 0.2) is 52.9 Å². The average Bonchev–Trinajstić information content (AvgIpc) is 3.22. The van der Waals surface area contributed by atoms with Gasteiger partial charge in [0.05, 0.1) is 0 Å². The van der Waals surface area contributed by atoms with Crippen molar-refractivity contribution >= 4 is 33.7 Å². The molecule has 4 aromatic rings. The molecule has 0 spiro atoms. The Morgan fingerprint density at radius 1 is 1.00 bits per heavy atom. The second-order valence-corrected chi connectivity index (χ2v) is 5.84. The van der Waals surface area contributed by atoms with Crippen LogP contribution in [0, 0.1) is 12.7 Å². The molecule has 0 aliphatic heterocycles. The Morgan fingerprint density at radius 3 is 2.54 bits per heavy atom. The molecule has 0 unspecified atom stereocenters. The smallest absolute Gasteiger partial charge is 0.305 e. The van der Waals surface area contributed by atoms with Crippen molar-refractivity contribution in [3.63, 3.8) is 0 Å². The SMILES string of the molecule is Cc1c(C(=O)NNC(=O)c2cc3c(F)cccc3[nH]2)oc2ccccc12. The Kier molecular flexibility index (Phi) is 3.69. The van der Waals surface area contributed by atoms with Crippen LogP contribution in [0.4, 0.5) is 4.39 Å². The maximum absolute atomic E-state index is 13.7. The molecule has 2 amide bonds. The lowest BCUT2D eigenvalue weighted by molar-refractivity contribution is 0.0829. The Bertz CT molecular complexity index is 1160. The summed E-state index contributed by atoms with van der Waals surface area (Å²) in [5.41, 5.74) is 6.51. The Morgan fingerprint density at radius 2 is 1.77 bits per heavy atom. The minimum atomic E-state index is -0.595. The number of halogens is 1. The normalized spacial score (nSPS) is 11.0. The first kappa shape index (κ1) is 15.9. The van der Waals surface area contributed by atoms with E-state index >= 15 is 0 Å². The van der Waals surface area contributed by atoms with Gasteiger partial charge in [-0.2, -0.15) is 0 Å². The summed E-state index contributed by atoms with van der Waals surface area (Å²) in [7, 11) is 0. The quantitative estimate of drug-likeness (QED) is 0.484. The average molecular weight is 351 g/mol. The molecular formula is C19H14FN3O3. The molecule has 6 nitrogen and oxygen atoms in total. The Balaban J connectivity index is 1.52. The number of para-hydroxylation sites is 1. The number of aromatic nitrogens is 1. The monoisotopic (exact) mass is 351 g/mol. The van der Waals surface area contributed by atoms with Gasteiger partial charge >= 0.3 is 5.91 Å². The van der Waals surface area contributed by atoms with Crippen LogP contribution in [0.2, 0.25) is 0 Å². The third kappa shape index (κ3) is 2.59. The molecule has 26 heavy (non-hydrogen) atoms. The van der Waals surface area contributed by atoms with Crippen LogP contribution < -0.4 is 10.9 Å². The fraction of sp³-hybridized carbons (Fsp3) is 0.0526. The summed E-state index contributed by atoms with van der Waals surface area (Å²) < 4.78 is 19.3. The zero-order valence-electron chi connectivity index (χ0n) is 13.7. The number of H-pyrrole nitrogens is 1. The number of hydrogen-bond acceptors (Lipinski definition) is 3. The summed E-state index contributed by atoms with van der Waals surface area (Å²) in [5.74, 6) is -1.48. The van der Waals surface area contributed by atoms with Crippen LogP contribution in [-0.2, 0) is 0 Å². The van der Waals surface area contributed by atoms with E-state index in [0.29, 0.717) is 22.0 Å². The zero-order valence-corrected chi connectivity index (χ0v) is 13.7. The van der Waals surface area contributed by atoms with Gasteiger partial charge in [-0.25, -0.2) is 4.39 Å². The van der Waals surface area contributed by atoms with E-state index < -0.39 is 17.6 Å². The minimum absolute atomic E-state index is 0.120. The molecule has 2 aromatic carbocycles. The van der Waals surface area contributed by atoms with Gasteiger partial charge in [0.15, 0.2) is 5.76 Å². The van der Waals surface area contributed by atoms with Gasteiger partial charge in [-0.05, 0) is 31.2 Å². The molecule has 2 aromatic heterocycles. The number of fused-ring (bicyclic) bond motifs is 2. The lowest BCUT2D eigenvalue weighted by Crippen LogP contribution is -2.41. The number of benzene rings is 2. The third-order valence-corrected chi connectivity index (χ3v) is 4.20. The zero-order chi connectivity index (χ0) is 18.3. The van der Waals surface area contributed by atoms with Gasteiger partial charge in [0.2, 0.25) is 0 Å². The van der Waals surface area contributed by atoms with E-state index in [4.69, 9.17) is 4.42 Å². The van der Waals surface area contributed by atoms with Crippen molar-refractivity contribution in [3.8, 4) is 0 Å². The summed E-state index contributed by atoms with van der Waals surface area (Å²) in [4.78, 5) is 27.3. The molecule has 3 N–H and O–H groups in total. The molecule has 0 fully saturated rings. The van der Waals surface area contributed by atoms with Gasteiger partial charge in [0, 0.05) is 21.9 Å². The molecule has 0 radical (unpaired) electrons. The predicted molar refractivity (Wildman–Crippen MR) is 94.1 cm³/mol. The molecule has 4 rings (SSSR count). The lowest BCUT2D eigenvalue weighted by atomic mass is 10.1. The third-order valence-electron chi connectivity index (χ3n) is 4.20. The van der Waals surface area contributed by atoms with Gasteiger partial charge in [0.25, 0.3) is 5.91 Å². The summed E-state index contributed by atoms with van der Waals surface area (Å²) in [6.07, 6.45) is 0. The van der Waals surface area contributed by atoms with Crippen LogP contribution in [0.3, 0.4) is 0 Å². The van der Waals surface area contributed by atoms with Crippen LogP contribution >= 0.6 is 0 Å². The number of hydrazine groups is 1. The maximum atomic E-state index is 13.7. The van der Waals surface area contributed by atoms with E-state index in [1.54, 1.807) is 25.1 Å². The number of hydrogen-bond donors (Lipinski definition) is 3. The standard InChI is InChI=1S/C19H14FN3O3/c1-10-11-5-2-3-8-16(11)26-17(10)19(25)23-22-18(24)15-9-12-13(20)6-4-7-14(12)21-15/h2-9,21H,1H3,(H,22,24)(H,23,25). The van der Waals surface area contributed by atoms with Crippen molar-refractivity contribution in [2.75, 3.05) is 0 Å². The highest BCUT2D eigenvalue weighted by molar-refractivity contribution is 6.02. The largest absolute Gasteiger partial charge is 0.451 e. The van der Waals surface area contributed by atoms with E-state index in [1.165, 1.54) is 12.1 Å². The van der Waals surface area contributed by atoms with Crippen LogP contribution in [0.1, 0.15) is 26.6 Å². The molecule has 130 valence electrons. The molecule has 7 heteroatoms. The highest BCUT2D eigenvalue weighted by atomic mass is 19.1. The fourth-order valence-corrected chi connectivity index (χ4v) is 2.87. The topological polar surface area (TPSA) is 87.1 Å². The Labute approximate surface area is 147 Å². The first-order chi connectivity index (χ1) is 12.5. The van der Waals surface area contributed by atoms with Crippen molar-refractivity contribution in [1.29, 1.82) is 0 Å². The lowest BCUT2D eigenvalue weighted by Gasteiger charge is -2.05. The highest BCUT2D eigenvalue weighted by Crippen LogP contribution is 2.24. The fourth-order valence-electron chi connectivity index (χ4n) is 2.87. The molecule has 0 atom stereocenters. The number of rotatable bonds is 2. The van der Waals surface area contributed by atoms with Crippen LogP contribution in [-0.4, -0.2) is 16.8 Å². The van der Waals surface area contributed by atoms with E-state index in [9.17, 15) is 14.0 Å².